The number of nitrogen functional groups attached to an aromatic ring is 1. The van der Waals surface area contributed by atoms with Gasteiger partial charge in [-0.2, -0.15) is 0 Å². The number of anilines is 3. The average Bonchev–Trinajstić information content (AvgIpc) is 2.95. The highest BCUT2D eigenvalue weighted by Gasteiger charge is 2.51. The number of rotatable bonds is 3. The number of fused-ring (bicyclic) bond motifs is 2. The second-order valence-electron chi connectivity index (χ2n) is 9.35. The predicted octanol–water partition coefficient (Wildman–Crippen LogP) is 4.79. The van der Waals surface area contributed by atoms with E-state index in [2.05, 4.69) is 68.7 Å². The average molecular weight is 378 g/mol. The molecule has 0 saturated carbocycles. The minimum Gasteiger partial charge on any atom is -0.399 e. The number of hydrogen-bond acceptors (Lipinski definition) is 3. The summed E-state index contributed by atoms with van der Waals surface area (Å²) in [5, 5.41) is 0. The first-order valence-corrected chi connectivity index (χ1v) is 10.3. The zero-order chi connectivity index (χ0) is 20.2. The third-order valence-electron chi connectivity index (χ3n) is 6.57. The quantitative estimate of drug-likeness (QED) is 0.783. The van der Waals surface area contributed by atoms with Crippen LogP contribution in [0.2, 0.25) is 0 Å². The van der Waals surface area contributed by atoms with E-state index < -0.39 is 0 Å². The Hall–Kier alpha value is -2.49. The Bertz CT molecular complexity index is 918. The van der Waals surface area contributed by atoms with Crippen molar-refractivity contribution >= 4 is 23.0 Å². The molecule has 0 aliphatic carbocycles. The minimum absolute atomic E-state index is 0.0304. The molecule has 0 spiro atoms. The number of carbonyl (C=O) groups excluding carboxylic acids is 1. The summed E-state index contributed by atoms with van der Waals surface area (Å²) >= 11 is 0. The SMILES string of the molecule is CC(C)CN1c2ccc(N)cc2C(C)C(C)(C)C1N1C(=O)Cc2ccccc21. The maximum absolute atomic E-state index is 13.2. The van der Waals surface area contributed by atoms with Crippen molar-refractivity contribution in [2.75, 3.05) is 22.1 Å². The van der Waals surface area contributed by atoms with Crippen LogP contribution in [-0.2, 0) is 11.2 Å². The fourth-order valence-electron chi connectivity index (χ4n) is 4.95. The topological polar surface area (TPSA) is 49.6 Å². The molecule has 0 aromatic heterocycles. The zero-order valence-electron chi connectivity index (χ0n) is 17.6. The molecular formula is C24H31N3O. The van der Waals surface area contributed by atoms with Crippen molar-refractivity contribution in [1.29, 1.82) is 0 Å². The molecule has 1 amide bonds. The van der Waals surface area contributed by atoms with E-state index in [9.17, 15) is 4.79 Å². The summed E-state index contributed by atoms with van der Waals surface area (Å²) in [7, 11) is 0. The fourth-order valence-corrected chi connectivity index (χ4v) is 4.95. The van der Waals surface area contributed by atoms with Gasteiger partial charge >= 0.3 is 0 Å². The number of nitrogens with two attached hydrogens (primary N) is 1. The van der Waals surface area contributed by atoms with Crippen molar-refractivity contribution in [3.05, 3.63) is 53.6 Å². The lowest BCUT2D eigenvalue weighted by atomic mass is 9.69. The molecule has 0 fully saturated rings. The Kier molecular flexibility index (Phi) is 4.40. The Labute approximate surface area is 168 Å². The molecule has 2 aliphatic rings. The molecule has 0 bridgehead atoms. The smallest absolute Gasteiger partial charge is 0.233 e. The normalized spacial score (nSPS) is 23.1. The van der Waals surface area contributed by atoms with Crippen LogP contribution in [0.5, 0.6) is 0 Å². The Morgan fingerprint density at radius 2 is 1.86 bits per heavy atom. The molecule has 2 unspecified atom stereocenters. The molecule has 2 atom stereocenters. The van der Waals surface area contributed by atoms with E-state index in [4.69, 9.17) is 5.73 Å². The summed E-state index contributed by atoms with van der Waals surface area (Å²) in [4.78, 5) is 17.7. The van der Waals surface area contributed by atoms with Gasteiger partial charge in [0.2, 0.25) is 5.91 Å². The number of benzene rings is 2. The van der Waals surface area contributed by atoms with Gasteiger partial charge < -0.3 is 10.6 Å². The number of hydrogen-bond donors (Lipinski definition) is 1. The highest BCUT2D eigenvalue weighted by molar-refractivity contribution is 6.02. The van der Waals surface area contributed by atoms with Gasteiger partial charge in [-0.15, -0.1) is 0 Å². The van der Waals surface area contributed by atoms with E-state index >= 15 is 0 Å². The van der Waals surface area contributed by atoms with Gasteiger partial charge in [-0.1, -0.05) is 52.8 Å². The van der Waals surface area contributed by atoms with E-state index in [0.29, 0.717) is 12.3 Å². The van der Waals surface area contributed by atoms with Crippen LogP contribution in [0.4, 0.5) is 17.1 Å². The van der Waals surface area contributed by atoms with Crippen LogP contribution < -0.4 is 15.5 Å². The molecule has 4 rings (SSSR count). The summed E-state index contributed by atoms with van der Waals surface area (Å²) < 4.78 is 0. The molecule has 2 aromatic rings. The van der Waals surface area contributed by atoms with Crippen LogP contribution in [0.3, 0.4) is 0 Å². The monoisotopic (exact) mass is 377 g/mol. The third-order valence-corrected chi connectivity index (χ3v) is 6.57. The van der Waals surface area contributed by atoms with Crippen LogP contribution in [-0.4, -0.2) is 18.6 Å². The molecule has 2 heterocycles. The first-order valence-electron chi connectivity index (χ1n) is 10.3. The molecule has 28 heavy (non-hydrogen) atoms. The lowest BCUT2D eigenvalue weighted by Crippen LogP contribution is -2.62. The van der Waals surface area contributed by atoms with E-state index in [0.717, 1.165) is 23.5 Å². The second-order valence-corrected chi connectivity index (χ2v) is 9.35. The number of para-hydroxylation sites is 1. The Balaban J connectivity index is 1.91. The van der Waals surface area contributed by atoms with Crippen molar-refractivity contribution < 1.29 is 4.79 Å². The number of carbonyl (C=O) groups is 1. The second kappa shape index (κ2) is 6.54. The summed E-state index contributed by atoms with van der Waals surface area (Å²) in [5.41, 5.74) is 11.5. The molecule has 2 aliphatic heterocycles. The first-order chi connectivity index (χ1) is 13.2. The molecule has 4 heteroatoms. The number of amides is 1. The minimum atomic E-state index is -0.136. The number of nitrogens with zero attached hydrogens (tertiary/aromatic N) is 2. The van der Waals surface area contributed by atoms with Gasteiger partial charge in [0.05, 0.1) is 6.42 Å². The third kappa shape index (κ3) is 2.78. The zero-order valence-corrected chi connectivity index (χ0v) is 17.6. The summed E-state index contributed by atoms with van der Waals surface area (Å²) in [6.45, 7) is 12.2. The van der Waals surface area contributed by atoms with E-state index in [1.54, 1.807) is 0 Å². The first kappa shape index (κ1) is 18.9. The summed E-state index contributed by atoms with van der Waals surface area (Å²) in [6, 6.07) is 14.5. The lowest BCUT2D eigenvalue weighted by Gasteiger charge is -2.55. The van der Waals surface area contributed by atoms with Crippen LogP contribution in [0.15, 0.2) is 42.5 Å². The summed E-state index contributed by atoms with van der Waals surface area (Å²) in [6.07, 6.45) is 0.457. The molecule has 0 saturated heterocycles. The van der Waals surface area contributed by atoms with Crippen molar-refractivity contribution in [2.45, 2.75) is 53.1 Å². The maximum atomic E-state index is 13.2. The molecule has 4 nitrogen and oxygen atoms in total. The van der Waals surface area contributed by atoms with Crippen LogP contribution in [0, 0.1) is 11.3 Å². The lowest BCUT2D eigenvalue weighted by molar-refractivity contribution is -0.118. The highest BCUT2D eigenvalue weighted by atomic mass is 16.2. The Morgan fingerprint density at radius 3 is 2.57 bits per heavy atom. The molecular weight excluding hydrogens is 346 g/mol. The van der Waals surface area contributed by atoms with Crippen LogP contribution in [0.25, 0.3) is 0 Å². The van der Waals surface area contributed by atoms with Crippen LogP contribution in [0.1, 0.15) is 51.7 Å². The largest absolute Gasteiger partial charge is 0.399 e. The molecule has 148 valence electrons. The fraction of sp³-hybridized carbons (Fsp3) is 0.458. The van der Waals surface area contributed by atoms with Gasteiger partial charge in [0.25, 0.3) is 0 Å². The maximum Gasteiger partial charge on any atom is 0.233 e. The van der Waals surface area contributed by atoms with Gasteiger partial charge in [-0.3, -0.25) is 9.69 Å². The van der Waals surface area contributed by atoms with Gasteiger partial charge in [-0.25, -0.2) is 0 Å². The standard InChI is InChI=1S/C24H31N3O/c1-15(2)14-26-21-11-10-18(25)13-19(21)16(3)24(4,5)23(26)27-20-9-7-6-8-17(20)12-22(27)28/h6-11,13,15-16,23H,12,14,25H2,1-5H3. The van der Waals surface area contributed by atoms with Crippen molar-refractivity contribution in [3.63, 3.8) is 0 Å². The molecule has 0 radical (unpaired) electrons. The van der Waals surface area contributed by atoms with Crippen LogP contribution >= 0.6 is 0 Å². The predicted molar refractivity (Wildman–Crippen MR) is 117 cm³/mol. The molecule has 2 N–H and O–H groups in total. The van der Waals surface area contributed by atoms with E-state index in [1.165, 1.54) is 11.3 Å². The van der Waals surface area contributed by atoms with E-state index in [-0.39, 0.29) is 23.4 Å². The van der Waals surface area contributed by atoms with Gasteiger partial charge in [0.15, 0.2) is 0 Å². The summed E-state index contributed by atoms with van der Waals surface area (Å²) in [5.74, 6) is 0.948. The highest BCUT2D eigenvalue weighted by Crippen LogP contribution is 2.52. The van der Waals surface area contributed by atoms with E-state index in [1.807, 2.05) is 18.2 Å². The van der Waals surface area contributed by atoms with Crippen molar-refractivity contribution in [1.82, 2.24) is 0 Å². The Morgan fingerprint density at radius 1 is 1.14 bits per heavy atom. The van der Waals surface area contributed by atoms with Gasteiger partial charge in [-0.05, 0) is 47.2 Å². The van der Waals surface area contributed by atoms with Crippen molar-refractivity contribution in [2.24, 2.45) is 11.3 Å². The molecule has 2 aromatic carbocycles. The van der Waals surface area contributed by atoms with Gasteiger partial charge in [0.1, 0.15) is 6.17 Å². The van der Waals surface area contributed by atoms with Crippen molar-refractivity contribution in [3.8, 4) is 0 Å². The van der Waals surface area contributed by atoms with Gasteiger partial charge in [0, 0.05) is 29.0 Å².